The number of nitrogens with one attached hydrogen (secondary N) is 3. The predicted molar refractivity (Wildman–Crippen MR) is 167 cm³/mol. The summed E-state index contributed by atoms with van der Waals surface area (Å²) >= 11 is 0. The van der Waals surface area contributed by atoms with E-state index in [0.717, 1.165) is 5.56 Å². The fourth-order valence-corrected chi connectivity index (χ4v) is 5.09. The van der Waals surface area contributed by atoms with Crippen LogP contribution in [0.3, 0.4) is 0 Å². The molecule has 1 saturated heterocycles. The molecule has 0 aromatic heterocycles. The SMILES string of the molecule is CC(C)C[C@H](NC(=O)[C@H](Cc1ccccc1)NC(=O)[C@@H](N)CCCN=C(N)N)C(=O)N1CCC[C@H]1C(=O)N[C@H](C(=O)O)[C@@H](C)O. The minimum Gasteiger partial charge on any atom is -0.480 e. The summed E-state index contributed by atoms with van der Waals surface area (Å²) in [5.74, 6) is -3.85. The normalized spacial score (nSPS) is 17.8. The quantitative estimate of drug-likeness (QED) is 0.0564. The van der Waals surface area contributed by atoms with Crippen molar-refractivity contribution < 1.29 is 34.2 Å². The van der Waals surface area contributed by atoms with Crippen LogP contribution < -0.4 is 33.2 Å². The molecule has 11 N–H and O–H groups in total. The lowest BCUT2D eigenvalue weighted by Gasteiger charge is -2.31. The number of hydrogen-bond donors (Lipinski definition) is 8. The number of guanidine groups is 1. The van der Waals surface area contributed by atoms with Crippen molar-refractivity contribution in [1.29, 1.82) is 0 Å². The third-order valence-electron chi connectivity index (χ3n) is 7.43. The van der Waals surface area contributed by atoms with Gasteiger partial charge < -0.3 is 48.3 Å². The van der Waals surface area contributed by atoms with Crippen LogP contribution in [-0.4, -0.2) is 100 Å². The molecule has 0 aliphatic carbocycles. The summed E-state index contributed by atoms with van der Waals surface area (Å²) in [4.78, 5) is 70.3. The molecule has 45 heavy (non-hydrogen) atoms. The smallest absolute Gasteiger partial charge is 0.328 e. The van der Waals surface area contributed by atoms with Gasteiger partial charge in [0.25, 0.3) is 0 Å². The highest BCUT2D eigenvalue weighted by molar-refractivity contribution is 5.96. The first-order valence-electron chi connectivity index (χ1n) is 15.2. The third-order valence-corrected chi connectivity index (χ3v) is 7.43. The molecule has 1 aromatic rings. The van der Waals surface area contributed by atoms with E-state index in [1.165, 1.54) is 11.8 Å². The Hall–Kier alpha value is -4.24. The maximum absolute atomic E-state index is 13.8. The summed E-state index contributed by atoms with van der Waals surface area (Å²) in [7, 11) is 0. The molecule has 6 atom stereocenters. The first-order chi connectivity index (χ1) is 21.2. The first kappa shape index (κ1) is 36.9. The molecule has 0 saturated carbocycles. The minimum atomic E-state index is -1.54. The van der Waals surface area contributed by atoms with Crippen molar-refractivity contribution in [3.8, 4) is 0 Å². The molecule has 1 aliphatic rings. The highest BCUT2D eigenvalue weighted by Crippen LogP contribution is 2.21. The van der Waals surface area contributed by atoms with Gasteiger partial charge >= 0.3 is 5.97 Å². The predicted octanol–water partition coefficient (Wildman–Crippen LogP) is -1.43. The average molecular weight is 633 g/mol. The number of hydrogen-bond acceptors (Lipinski definition) is 8. The summed E-state index contributed by atoms with van der Waals surface area (Å²) in [5.41, 5.74) is 17.5. The Labute approximate surface area is 263 Å². The number of likely N-dealkylation sites (tertiary alicyclic amines) is 1. The van der Waals surface area contributed by atoms with Crippen LogP contribution in [0.1, 0.15) is 58.4 Å². The molecule has 0 bridgehead atoms. The molecule has 0 radical (unpaired) electrons. The van der Waals surface area contributed by atoms with E-state index in [9.17, 15) is 34.2 Å². The summed E-state index contributed by atoms with van der Waals surface area (Å²) in [5, 5.41) is 27.0. The molecule has 0 spiro atoms. The van der Waals surface area contributed by atoms with Crippen LogP contribution >= 0.6 is 0 Å². The molecule has 15 nitrogen and oxygen atoms in total. The average Bonchev–Trinajstić information content (AvgIpc) is 3.46. The first-order valence-corrected chi connectivity index (χ1v) is 15.2. The van der Waals surface area contributed by atoms with E-state index >= 15 is 0 Å². The second-order valence-corrected chi connectivity index (χ2v) is 11.8. The second-order valence-electron chi connectivity index (χ2n) is 11.8. The Morgan fingerprint density at radius 3 is 2.22 bits per heavy atom. The van der Waals surface area contributed by atoms with E-state index < -0.39 is 65.9 Å². The number of aliphatic carboxylic acids is 1. The number of amides is 4. The molecule has 2 rings (SSSR count). The van der Waals surface area contributed by atoms with Gasteiger partial charge in [-0.05, 0) is 50.5 Å². The van der Waals surface area contributed by atoms with Crippen LogP contribution in [0, 0.1) is 5.92 Å². The van der Waals surface area contributed by atoms with Crippen molar-refractivity contribution in [2.75, 3.05) is 13.1 Å². The molecule has 0 unspecified atom stereocenters. The Bertz CT molecular complexity index is 1190. The maximum atomic E-state index is 13.8. The van der Waals surface area contributed by atoms with E-state index in [-0.39, 0.29) is 37.7 Å². The zero-order valence-corrected chi connectivity index (χ0v) is 26.1. The highest BCUT2D eigenvalue weighted by Gasteiger charge is 2.40. The Morgan fingerprint density at radius 2 is 1.64 bits per heavy atom. The van der Waals surface area contributed by atoms with Crippen LogP contribution in [0.2, 0.25) is 0 Å². The van der Waals surface area contributed by atoms with Crippen LogP contribution in [0.4, 0.5) is 0 Å². The van der Waals surface area contributed by atoms with Gasteiger partial charge in [0.1, 0.15) is 18.1 Å². The molecular formula is C30H48N8O7. The third kappa shape index (κ3) is 12.0. The number of aliphatic hydroxyl groups is 1. The highest BCUT2D eigenvalue weighted by atomic mass is 16.4. The standard InChI is InChI=1S/C30H48N8O7/c1-17(2)15-22(28(43)38-14-8-12-23(38)27(42)37-24(18(3)39)29(44)45)36-26(41)21(16-19-9-5-4-6-10-19)35-25(40)20(31)11-7-13-34-30(32)33/h4-6,9-10,17-18,20-24,39H,7-8,11-16,31H2,1-3H3,(H,35,40)(H,36,41)(H,37,42)(H,44,45)(H4,32,33,34)/t18-,20+,21+,22+,23+,24+/m1/s1. The van der Waals surface area contributed by atoms with Gasteiger partial charge in [0.05, 0.1) is 12.1 Å². The number of nitrogens with two attached hydrogens (primary N) is 3. The molecule has 1 fully saturated rings. The van der Waals surface area contributed by atoms with Crippen LogP contribution in [-0.2, 0) is 30.4 Å². The minimum absolute atomic E-state index is 0.0263. The van der Waals surface area contributed by atoms with Crippen molar-refractivity contribution >= 4 is 35.6 Å². The molecule has 15 heteroatoms. The summed E-state index contributed by atoms with van der Waals surface area (Å²) in [6, 6.07) is 3.51. The topological polar surface area (TPSA) is 256 Å². The Kier molecular flexibility index (Phi) is 14.7. The number of carbonyl (C=O) groups excluding carboxylic acids is 4. The van der Waals surface area contributed by atoms with E-state index in [2.05, 4.69) is 20.9 Å². The van der Waals surface area contributed by atoms with Gasteiger partial charge in [0.2, 0.25) is 23.6 Å². The number of benzene rings is 1. The number of nitrogens with zero attached hydrogens (tertiary/aromatic N) is 2. The van der Waals surface area contributed by atoms with Crippen molar-refractivity contribution in [1.82, 2.24) is 20.9 Å². The molecular weight excluding hydrogens is 584 g/mol. The lowest BCUT2D eigenvalue weighted by Crippen LogP contribution is -2.59. The monoisotopic (exact) mass is 632 g/mol. The zero-order valence-electron chi connectivity index (χ0n) is 26.1. The molecule has 250 valence electrons. The lowest BCUT2D eigenvalue weighted by molar-refractivity contribution is -0.147. The molecule has 1 aromatic carbocycles. The molecule has 1 heterocycles. The second kappa shape index (κ2) is 17.9. The van der Waals surface area contributed by atoms with Crippen molar-refractivity contribution in [2.24, 2.45) is 28.1 Å². The maximum Gasteiger partial charge on any atom is 0.328 e. The van der Waals surface area contributed by atoms with E-state index in [0.29, 0.717) is 25.8 Å². The summed E-state index contributed by atoms with van der Waals surface area (Å²) in [6.45, 7) is 5.53. The zero-order chi connectivity index (χ0) is 33.7. The number of carboxylic acid groups (broad SMARTS) is 1. The molecule has 1 aliphatic heterocycles. The van der Waals surface area contributed by atoms with Gasteiger partial charge in [-0.15, -0.1) is 0 Å². The van der Waals surface area contributed by atoms with Crippen molar-refractivity contribution in [3.05, 3.63) is 35.9 Å². The fourth-order valence-electron chi connectivity index (χ4n) is 5.09. The summed E-state index contributed by atoms with van der Waals surface area (Å²) < 4.78 is 0. The largest absolute Gasteiger partial charge is 0.480 e. The number of carboxylic acids is 1. The van der Waals surface area contributed by atoms with Gasteiger partial charge in [0.15, 0.2) is 12.0 Å². The van der Waals surface area contributed by atoms with Crippen LogP contribution in [0.25, 0.3) is 0 Å². The Balaban J connectivity index is 2.23. The van der Waals surface area contributed by atoms with Gasteiger partial charge in [-0.2, -0.15) is 0 Å². The number of aliphatic imine (C=N–C) groups is 1. The van der Waals surface area contributed by atoms with Gasteiger partial charge in [0, 0.05) is 19.5 Å². The van der Waals surface area contributed by atoms with E-state index in [1.54, 1.807) is 12.1 Å². The fraction of sp³-hybridized carbons (Fsp3) is 0.600. The lowest BCUT2D eigenvalue weighted by atomic mass is 10.00. The van der Waals surface area contributed by atoms with E-state index in [1.807, 2.05) is 32.0 Å². The number of aliphatic hydroxyl groups excluding tert-OH is 1. The summed E-state index contributed by atoms with van der Waals surface area (Å²) in [6.07, 6.45) is 0.526. The number of rotatable bonds is 17. The van der Waals surface area contributed by atoms with Crippen molar-refractivity contribution in [2.45, 2.75) is 95.6 Å². The van der Waals surface area contributed by atoms with Crippen LogP contribution in [0.5, 0.6) is 0 Å². The molecule has 4 amide bonds. The van der Waals surface area contributed by atoms with Gasteiger partial charge in [-0.1, -0.05) is 44.2 Å². The van der Waals surface area contributed by atoms with E-state index in [4.69, 9.17) is 17.2 Å². The van der Waals surface area contributed by atoms with Crippen molar-refractivity contribution in [3.63, 3.8) is 0 Å². The number of carbonyl (C=O) groups is 5. The van der Waals surface area contributed by atoms with Crippen LogP contribution in [0.15, 0.2) is 35.3 Å². The Morgan fingerprint density at radius 1 is 1.00 bits per heavy atom. The van der Waals surface area contributed by atoms with Gasteiger partial charge in [-0.25, -0.2) is 4.79 Å². The van der Waals surface area contributed by atoms with Gasteiger partial charge in [-0.3, -0.25) is 24.2 Å².